The fourth-order valence-electron chi connectivity index (χ4n) is 2.59. The van der Waals surface area contributed by atoms with E-state index in [0.717, 1.165) is 38.3 Å². The van der Waals surface area contributed by atoms with Crippen molar-refractivity contribution in [1.29, 1.82) is 0 Å². The van der Waals surface area contributed by atoms with Crippen LogP contribution in [0.4, 0.5) is 0 Å². The summed E-state index contributed by atoms with van der Waals surface area (Å²) in [6.07, 6.45) is 2.19. The van der Waals surface area contributed by atoms with E-state index in [-0.39, 0.29) is 0 Å². The highest BCUT2D eigenvalue weighted by Gasteiger charge is 2.24. The van der Waals surface area contributed by atoms with E-state index < -0.39 is 0 Å². The molecule has 1 heterocycles. The zero-order valence-corrected chi connectivity index (χ0v) is 11.3. The SMILES string of the molecule is CCN[C@H]1CCOC[C@@H]1Cc1ccc(OC)cc1. The Morgan fingerprint density at radius 1 is 1.33 bits per heavy atom. The second kappa shape index (κ2) is 6.76. The van der Waals surface area contributed by atoms with Crippen molar-refractivity contribution in [1.82, 2.24) is 5.32 Å². The van der Waals surface area contributed by atoms with E-state index in [1.54, 1.807) is 7.11 Å². The van der Waals surface area contributed by atoms with E-state index in [1.165, 1.54) is 5.56 Å². The maximum Gasteiger partial charge on any atom is 0.118 e. The summed E-state index contributed by atoms with van der Waals surface area (Å²) in [5.41, 5.74) is 1.36. The number of rotatable bonds is 5. The minimum absolute atomic E-state index is 0.576. The number of hydrogen-bond donors (Lipinski definition) is 1. The molecule has 3 nitrogen and oxygen atoms in total. The Balaban J connectivity index is 1.96. The fraction of sp³-hybridized carbons (Fsp3) is 0.600. The number of hydrogen-bond acceptors (Lipinski definition) is 3. The lowest BCUT2D eigenvalue weighted by atomic mass is 9.89. The first-order valence-electron chi connectivity index (χ1n) is 6.77. The third-order valence-corrected chi connectivity index (χ3v) is 3.60. The summed E-state index contributed by atoms with van der Waals surface area (Å²) in [6, 6.07) is 8.95. The smallest absolute Gasteiger partial charge is 0.118 e. The Bertz CT molecular complexity index is 348. The Hall–Kier alpha value is -1.06. The molecule has 0 aliphatic carbocycles. The van der Waals surface area contributed by atoms with Gasteiger partial charge in [0.2, 0.25) is 0 Å². The molecular weight excluding hydrogens is 226 g/mol. The minimum Gasteiger partial charge on any atom is -0.497 e. The molecule has 1 N–H and O–H groups in total. The van der Waals surface area contributed by atoms with Crippen molar-refractivity contribution in [2.45, 2.75) is 25.8 Å². The lowest BCUT2D eigenvalue weighted by molar-refractivity contribution is 0.0327. The Kier molecular flexibility index (Phi) is 5.02. The summed E-state index contributed by atoms with van der Waals surface area (Å²) in [5, 5.41) is 3.57. The fourth-order valence-corrected chi connectivity index (χ4v) is 2.59. The van der Waals surface area contributed by atoms with Crippen LogP contribution in [0.15, 0.2) is 24.3 Å². The standard InChI is InChI=1S/C15H23NO2/c1-3-16-15-8-9-18-11-13(15)10-12-4-6-14(17-2)7-5-12/h4-7,13,15-16H,3,8-11H2,1-2H3/t13-,15-/m0/s1. The van der Waals surface area contributed by atoms with E-state index in [4.69, 9.17) is 9.47 Å². The normalized spacial score (nSPS) is 23.9. The van der Waals surface area contributed by atoms with E-state index >= 15 is 0 Å². The molecule has 0 radical (unpaired) electrons. The van der Waals surface area contributed by atoms with Gasteiger partial charge in [-0.1, -0.05) is 19.1 Å². The van der Waals surface area contributed by atoms with Crippen LogP contribution in [0.5, 0.6) is 5.75 Å². The Morgan fingerprint density at radius 2 is 2.11 bits per heavy atom. The maximum absolute atomic E-state index is 5.61. The van der Waals surface area contributed by atoms with E-state index in [2.05, 4.69) is 24.4 Å². The van der Waals surface area contributed by atoms with E-state index in [9.17, 15) is 0 Å². The Labute approximate surface area is 109 Å². The average Bonchev–Trinajstić information content (AvgIpc) is 2.42. The van der Waals surface area contributed by atoms with Crippen molar-refractivity contribution in [2.24, 2.45) is 5.92 Å². The molecule has 100 valence electrons. The quantitative estimate of drug-likeness (QED) is 0.868. The molecule has 2 rings (SSSR count). The summed E-state index contributed by atoms with van der Waals surface area (Å²) < 4.78 is 10.8. The van der Waals surface area contributed by atoms with Crippen LogP contribution in [0, 0.1) is 5.92 Å². The van der Waals surface area contributed by atoms with Gasteiger partial charge in [0.05, 0.1) is 13.7 Å². The highest BCUT2D eigenvalue weighted by Crippen LogP contribution is 2.21. The van der Waals surface area contributed by atoms with Crippen LogP contribution in [0.1, 0.15) is 18.9 Å². The monoisotopic (exact) mass is 249 g/mol. The number of nitrogens with one attached hydrogen (secondary N) is 1. The summed E-state index contributed by atoms with van der Waals surface area (Å²) in [4.78, 5) is 0. The molecule has 1 aliphatic heterocycles. The van der Waals surface area contributed by atoms with Gasteiger partial charge in [0.25, 0.3) is 0 Å². The van der Waals surface area contributed by atoms with Crippen molar-refractivity contribution in [3.05, 3.63) is 29.8 Å². The number of methoxy groups -OCH3 is 1. The van der Waals surface area contributed by atoms with E-state index in [1.807, 2.05) is 12.1 Å². The highest BCUT2D eigenvalue weighted by atomic mass is 16.5. The first kappa shape index (κ1) is 13.4. The van der Waals surface area contributed by atoms with Gasteiger partial charge in [0.15, 0.2) is 0 Å². The molecule has 18 heavy (non-hydrogen) atoms. The molecule has 1 fully saturated rings. The van der Waals surface area contributed by atoms with Gasteiger partial charge in [-0.2, -0.15) is 0 Å². The van der Waals surface area contributed by atoms with Gasteiger partial charge in [-0.05, 0) is 37.1 Å². The van der Waals surface area contributed by atoms with Gasteiger partial charge in [-0.25, -0.2) is 0 Å². The first-order chi connectivity index (χ1) is 8.83. The molecule has 2 atom stereocenters. The minimum atomic E-state index is 0.576. The van der Waals surface area contributed by atoms with Crippen molar-refractivity contribution in [2.75, 3.05) is 26.9 Å². The lowest BCUT2D eigenvalue weighted by Gasteiger charge is -2.32. The molecular formula is C15H23NO2. The molecule has 0 saturated carbocycles. The summed E-state index contributed by atoms with van der Waals surface area (Å²) in [7, 11) is 1.70. The Morgan fingerprint density at radius 3 is 2.78 bits per heavy atom. The maximum atomic E-state index is 5.61. The van der Waals surface area contributed by atoms with Crippen LogP contribution in [-0.4, -0.2) is 32.9 Å². The number of benzene rings is 1. The molecule has 1 aromatic carbocycles. The van der Waals surface area contributed by atoms with Gasteiger partial charge in [-0.3, -0.25) is 0 Å². The molecule has 0 bridgehead atoms. The van der Waals surface area contributed by atoms with Crippen LogP contribution >= 0.6 is 0 Å². The number of ether oxygens (including phenoxy) is 2. The van der Waals surface area contributed by atoms with Crippen molar-refractivity contribution >= 4 is 0 Å². The highest BCUT2D eigenvalue weighted by molar-refractivity contribution is 5.27. The molecule has 0 spiro atoms. The summed E-state index contributed by atoms with van der Waals surface area (Å²) in [5.74, 6) is 1.49. The molecule has 3 heteroatoms. The van der Waals surface area contributed by atoms with Crippen molar-refractivity contribution in [3.63, 3.8) is 0 Å². The van der Waals surface area contributed by atoms with Gasteiger partial charge >= 0.3 is 0 Å². The van der Waals surface area contributed by atoms with Crippen LogP contribution in [0.2, 0.25) is 0 Å². The summed E-state index contributed by atoms with van der Waals surface area (Å²) >= 11 is 0. The first-order valence-corrected chi connectivity index (χ1v) is 6.77. The molecule has 0 unspecified atom stereocenters. The predicted molar refractivity (Wildman–Crippen MR) is 73.1 cm³/mol. The van der Waals surface area contributed by atoms with Crippen LogP contribution in [0.25, 0.3) is 0 Å². The molecule has 0 aromatic heterocycles. The van der Waals surface area contributed by atoms with Crippen molar-refractivity contribution in [3.8, 4) is 5.75 Å². The van der Waals surface area contributed by atoms with Crippen LogP contribution < -0.4 is 10.1 Å². The zero-order chi connectivity index (χ0) is 12.8. The van der Waals surface area contributed by atoms with Gasteiger partial charge < -0.3 is 14.8 Å². The largest absolute Gasteiger partial charge is 0.497 e. The van der Waals surface area contributed by atoms with E-state index in [0.29, 0.717) is 12.0 Å². The summed E-state index contributed by atoms with van der Waals surface area (Å²) in [6.45, 7) is 4.95. The zero-order valence-electron chi connectivity index (χ0n) is 11.3. The van der Waals surface area contributed by atoms with Crippen LogP contribution in [0.3, 0.4) is 0 Å². The lowest BCUT2D eigenvalue weighted by Crippen LogP contribution is -2.43. The third-order valence-electron chi connectivity index (χ3n) is 3.60. The van der Waals surface area contributed by atoms with Gasteiger partial charge in [0, 0.05) is 18.6 Å². The molecule has 0 amide bonds. The van der Waals surface area contributed by atoms with Gasteiger partial charge in [0.1, 0.15) is 5.75 Å². The second-order valence-corrected chi connectivity index (χ2v) is 4.84. The molecule has 1 aliphatic rings. The van der Waals surface area contributed by atoms with Crippen LogP contribution in [-0.2, 0) is 11.2 Å². The average molecular weight is 249 g/mol. The topological polar surface area (TPSA) is 30.5 Å². The third kappa shape index (κ3) is 3.47. The second-order valence-electron chi connectivity index (χ2n) is 4.84. The predicted octanol–water partition coefficient (Wildman–Crippen LogP) is 2.25. The van der Waals surface area contributed by atoms with Crippen molar-refractivity contribution < 1.29 is 9.47 Å². The van der Waals surface area contributed by atoms with Gasteiger partial charge in [-0.15, -0.1) is 0 Å². The molecule has 1 aromatic rings. The molecule has 1 saturated heterocycles.